The number of carbonyl (C=O) groups excluding carboxylic acids is 1. The van der Waals surface area contributed by atoms with E-state index in [0.29, 0.717) is 0 Å². The van der Waals surface area contributed by atoms with Crippen molar-refractivity contribution in [1.82, 2.24) is 9.97 Å². The molecule has 2 heterocycles. The van der Waals surface area contributed by atoms with Crippen molar-refractivity contribution in [2.24, 2.45) is 5.92 Å². The fraction of sp³-hybridized carbons (Fsp3) is 0.750. The van der Waals surface area contributed by atoms with E-state index in [-0.39, 0.29) is 30.2 Å². The van der Waals surface area contributed by atoms with Gasteiger partial charge in [-0.25, -0.2) is 9.97 Å². The number of ether oxygens (including phenoxy) is 1. The maximum absolute atomic E-state index is 12.5. The van der Waals surface area contributed by atoms with Crippen LogP contribution in [0.5, 0.6) is 0 Å². The van der Waals surface area contributed by atoms with Crippen LogP contribution in [-0.4, -0.2) is 54.7 Å². The lowest BCUT2D eigenvalue weighted by Crippen LogP contribution is -2.36. The van der Waals surface area contributed by atoms with E-state index in [9.17, 15) is 25.2 Å². The Balaban J connectivity index is 1.77. The van der Waals surface area contributed by atoms with E-state index in [1.807, 2.05) is 0 Å². The minimum Gasteiger partial charge on any atom is -0.445 e. The lowest BCUT2D eigenvalue weighted by Gasteiger charge is -2.21. The lowest BCUT2D eigenvalue weighted by atomic mass is 10.0. The summed E-state index contributed by atoms with van der Waals surface area (Å²) in [5.41, 5.74) is 0.0809. The van der Waals surface area contributed by atoms with E-state index in [2.05, 4.69) is 23.8 Å². The van der Waals surface area contributed by atoms with Crippen LogP contribution >= 0.6 is 0 Å². The molecule has 0 spiro atoms. The predicted molar refractivity (Wildman–Crippen MR) is 140 cm³/mol. The third-order valence-corrected chi connectivity index (χ3v) is 6.58. The molecule has 5 unspecified atom stereocenters. The van der Waals surface area contributed by atoms with Gasteiger partial charge in [0, 0.05) is 12.8 Å². The molecule has 0 fully saturated rings. The van der Waals surface area contributed by atoms with Crippen LogP contribution in [0.25, 0.3) is 0 Å². The van der Waals surface area contributed by atoms with Crippen molar-refractivity contribution in [1.29, 1.82) is 0 Å². The minimum atomic E-state index is -1.42. The molecule has 0 radical (unpaired) electrons. The number of carbonyl (C=O) groups is 1. The fourth-order valence-electron chi connectivity index (χ4n) is 4.22. The van der Waals surface area contributed by atoms with Crippen molar-refractivity contribution in [2.45, 2.75) is 128 Å². The number of aromatic nitrogens is 2. The topological polar surface area (TPSA) is 159 Å². The first-order chi connectivity index (χ1) is 18.2. The number of rotatable bonds is 20. The van der Waals surface area contributed by atoms with E-state index in [1.165, 1.54) is 70.7 Å². The highest BCUT2D eigenvalue weighted by atomic mass is 16.6. The monoisotopic (exact) mass is 538 g/mol. The quantitative estimate of drug-likeness (QED) is 0.137. The van der Waals surface area contributed by atoms with Crippen LogP contribution in [0.4, 0.5) is 0 Å². The molecule has 0 aliphatic rings. The molecule has 10 heteroatoms. The number of unbranched alkanes of at least 4 members (excludes halogenated alkanes) is 8. The van der Waals surface area contributed by atoms with Crippen LogP contribution in [0.3, 0.4) is 0 Å². The summed E-state index contributed by atoms with van der Waals surface area (Å²) in [5.74, 6) is 0.575. The molecule has 0 aromatic carbocycles. The highest BCUT2D eigenvalue weighted by Gasteiger charge is 2.30. The largest absolute Gasteiger partial charge is 0.445 e. The number of hydrogen-bond donors (Lipinski definition) is 4. The van der Waals surface area contributed by atoms with Gasteiger partial charge in [-0.15, -0.1) is 0 Å². The molecular weight excluding hydrogens is 492 g/mol. The van der Waals surface area contributed by atoms with Gasteiger partial charge in [0.05, 0.1) is 18.4 Å². The third kappa shape index (κ3) is 11.6. The highest BCUT2D eigenvalue weighted by molar-refractivity contribution is 5.69. The van der Waals surface area contributed by atoms with E-state index in [1.54, 1.807) is 0 Å². The van der Waals surface area contributed by atoms with E-state index in [4.69, 9.17) is 13.6 Å². The average Bonchev–Trinajstić information content (AvgIpc) is 3.58. The molecule has 0 amide bonds. The second-order valence-electron chi connectivity index (χ2n) is 10.5. The molecule has 0 saturated carbocycles. The zero-order valence-electron chi connectivity index (χ0n) is 23.0. The van der Waals surface area contributed by atoms with Crippen LogP contribution in [0.1, 0.15) is 127 Å². The van der Waals surface area contributed by atoms with E-state index < -0.39 is 36.5 Å². The Bertz CT molecular complexity index is 883. The van der Waals surface area contributed by atoms with Gasteiger partial charge in [0.25, 0.3) is 0 Å². The molecule has 38 heavy (non-hydrogen) atoms. The number of hydrogen-bond acceptors (Lipinski definition) is 10. The molecular formula is C28H46N2O8. The molecule has 2 aromatic rings. The standard InChI is InChI=1S/C28H46N2O8/c1-19(2)13-11-9-7-5-4-6-8-10-12-14-25(34)38-27(24-16-29-18-37-24)28-30-21(17-36-28)22(32)15-23(33)26(35)20(3)31/h16-20,22-23,26-27,31-33,35H,4-15H2,1-3H3. The Hall–Kier alpha value is -2.27. The summed E-state index contributed by atoms with van der Waals surface area (Å²) < 4.78 is 16.3. The average molecular weight is 539 g/mol. The van der Waals surface area contributed by atoms with Gasteiger partial charge in [-0.1, -0.05) is 71.6 Å². The molecule has 2 aromatic heterocycles. The normalized spacial score (nSPS) is 15.8. The minimum absolute atomic E-state index is 0.0110. The Morgan fingerprint density at radius 3 is 2.13 bits per heavy atom. The second kappa shape index (κ2) is 17.3. The van der Waals surface area contributed by atoms with Crippen LogP contribution in [0.2, 0.25) is 0 Å². The molecule has 2 rings (SSSR count). The zero-order valence-corrected chi connectivity index (χ0v) is 23.0. The van der Waals surface area contributed by atoms with Crippen molar-refractivity contribution < 1.29 is 38.8 Å². The fourth-order valence-corrected chi connectivity index (χ4v) is 4.22. The molecule has 10 nitrogen and oxygen atoms in total. The number of nitrogens with zero attached hydrogens (tertiary/aromatic N) is 2. The molecule has 5 atom stereocenters. The maximum Gasteiger partial charge on any atom is 0.307 e. The Morgan fingerprint density at radius 2 is 1.55 bits per heavy atom. The molecule has 0 aliphatic heterocycles. The number of esters is 1. The zero-order chi connectivity index (χ0) is 27.9. The first kappa shape index (κ1) is 31.9. The van der Waals surface area contributed by atoms with Crippen LogP contribution in [0, 0.1) is 5.92 Å². The lowest BCUT2D eigenvalue weighted by molar-refractivity contribution is -0.149. The van der Waals surface area contributed by atoms with Gasteiger partial charge in [-0.05, 0) is 19.3 Å². The molecule has 216 valence electrons. The Morgan fingerprint density at radius 1 is 0.921 bits per heavy atom. The Labute approximate surface area is 225 Å². The van der Waals surface area contributed by atoms with Gasteiger partial charge in [-0.2, -0.15) is 0 Å². The summed E-state index contributed by atoms with van der Waals surface area (Å²) in [6.07, 6.45) is 9.12. The number of aliphatic hydroxyl groups is 4. The first-order valence-electron chi connectivity index (χ1n) is 13.9. The van der Waals surface area contributed by atoms with Gasteiger partial charge in [0.1, 0.15) is 24.2 Å². The SMILES string of the molecule is CC(C)CCCCCCCCCCCC(=O)OC(c1cnco1)c1nc(C(O)CC(O)C(O)C(C)O)co1. The van der Waals surface area contributed by atoms with Crippen LogP contribution in [-0.2, 0) is 9.53 Å². The predicted octanol–water partition coefficient (Wildman–Crippen LogP) is 4.77. The van der Waals surface area contributed by atoms with Crippen molar-refractivity contribution in [2.75, 3.05) is 0 Å². The Kier molecular flexibility index (Phi) is 14.6. The van der Waals surface area contributed by atoms with Gasteiger partial charge in [0.2, 0.25) is 12.0 Å². The van der Waals surface area contributed by atoms with Crippen LogP contribution in [0.15, 0.2) is 27.7 Å². The van der Waals surface area contributed by atoms with Gasteiger partial charge >= 0.3 is 5.97 Å². The number of aliphatic hydroxyl groups excluding tert-OH is 4. The van der Waals surface area contributed by atoms with Crippen molar-refractivity contribution in [3.05, 3.63) is 36.2 Å². The van der Waals surface area contributed by atoms with Gasteiger partial charge in [-0.3, -0.25) is 4.79 Å². The van der Waals surface area contributed by atoms with Crippen molar-refractivity contribution >= 4 is 5.97 Å². The summed E-state index contributed by atoms with van der Waals surface area (Å²) in [7, 11) is 0. The van der Waals surface area contributed by atoms with Crippen LogP contribution < -0.4 is 0 Å². The summed E-state index contributed by atoms with van der Waals surface area (Å²) in [6, 6.07) is 0. The molecule has 0 bridgehead atoms. The van der Waals surface area contributed by atoms with Crippen molar-refractivity contribution in [3.63, 3.8) is 0 Å². The summed E-state index contributed by atoms with van der Waals surface area (Å²) in [6.45, 7) is 5.87. The van der Waals surface area contributed by atoms with Gasteiger partial charge < -0.3 is 34.0 Å². The summed E-state index contributed by atoms with van der Waals surface area (Å²) in [4.78, 5) is 20.6. The smallest absolute Gasteiger partial charge is 0.307 e. The summed E-state index contributed by atoms with van der Waals surface area (Å²) >= 11 is 0. The van der Waals surface area contributed by atoms with E-state index in [0.717, 1.165) is 25.2 Å². The van der Waals surface area contributed by atoms with E-state index >= 15 is 0 Å². The van der Waals surface area contributed by atoms with Gasteiger partial charge in [0.15, 0.2) is 12.2 Å². The first-order valence-corrected chi connectivity index (χ1v) is 13.9. The maximum atomic E-state index is 12.5. The second-order valence-corrected chi connectivity index (χ2v) is 10.5. The third-order valence-electron chi connectivity index (χ3n) is 6.58. The molecule has 0 saturated heterocycles. The number of oxazole rings is 2. The molecule has 4 N–H and O–H groups in total. The molecule has 0 aliphatic carbocycles. The highest BCUT2D eigenvalue weighted by Crippen LogP contribution is 2.29. The summed E-state index contributed by atoms with van der Waals surface area (Å²) in [5, 5.41) is 39.6. The van der Waals surface area contributed by atoms with Crippen molar-refractivity contribution in [3.8, 4) is 0 Å².